The molecule has 184 valence electrons. The molecule has 0 aliphatic carbocycles. The molecule has 0 aromatic heterocycles. The largest absolute Gasteiger partial charge is 0.443 e. The summed E-state index contributed by atoms with van der Waals surface area (Å²) in [5, 5.41) is 23.5. The van der Waals surface area contributed by atoms with Crippen molar-refractivity contribution in [2.75, 3.05) is 4.90 Å². The molecule has 0 spiro atoms. The van der Waals surface area contributed by atoms with Crippen molar-refractivity contribution >= 4 is 29.1 Å². The summed E-state index contributed by atoms with van der Waals surface area (Å²) in [4.78, 5) is 50.5. The molecule has 0 saturated heterocycles. The van der Waals surface area contributed by atoms with Crippen LogP contribution in [-0.4, -0.2) is 27.4 Å². The fourth-order valence-electron chi connectivity index (χ4n) is 4.47. The number of hydrogen-bond donors (Lipinski definition) is 0. The van der Waals surface area contributed by atoms with E-state index >= 15 is 0 Å². The highest BCUT2D eigenvalue weighted by Gasteiger charge is 2.58. The predicted octanol–water partition coefficient (Wildman–Crippen LogP) is 5.43. The molecular weight excluding hydrogens is 466 g/mol. The number of nitrogens with zero attached hydrogens (tertiary/aromatic N) is 3. The van der Waals surface area contributed by atoms with Gasteiger partial charge in [-0.05, 0) is 45.4 Å². The van der Waals surface area contributed by atoms with Crippen LogP contribution in [-0.2, 0) is 14.9 Å². The van der Waals surface area contributed by atoms with Crippen LogP contribution in [0.3, 0.4) is 0 Å². The topological polar surface area (TPSA) is 133 Å². The van der Waals surface area contributed by atoms with Gasteiger partial charge in [0, 0.05) is 11.6 Å². The van der Waals surface area contributed by atoms with Crippen molar-refractivity contribution in [2.24, 2.45) is 0 Å². The molecule has 10 nitrogen and oxygen atoms in total. The number of rotatable bonds is 4. The summed E-state index contributed by atoms with van der Waals surface area (Å²) in [6.07, 6.45) is -0.932. The Morgan fingerprint density at radius 1 is 0.917 bits per heavy atom. The highest BCUT2D eigenvalue weighted by atomic mass is 16.6. The van der Waals surface area contributed by atoms with E-state index in [1.165, 1.54) is 6.07 Å². The summed E-state index contributed by atoms with van der Waals surface area (Å²) in [5.74, 6) is -0.779. The summed E-state index contributed by atoms with van der Waals surface area (Å²) in [5.41, 5.74) is -2.16. The van der Waals surface area contributed by atoms with Crippen LogP contribution in [0.1, 0.15) is 43.0 Å². The number of hydrogen-bond acceptors (Lipinski definition) is 7. The van der Waals surface area contributed by atoms with E-state index in [2.05, 4.69) is 0 Å². The Morgan fingerprint density at radius 2 is 1.56 bits per heavy atom. The summed E-state index contributed by atoms with van der Waals surface area (Å²) >= 11 is 0. The smallest absolute Gasteiger partial charge is 0.421 e. The van der Waals surface area contributed by atoms with Crippen LogP contribution in [0.15, 0.2) is 66.7 Å². The third kappa shape index (κ3) is 3.86. The number of ether oxygens (including phenoxy) is 1. The second kappa shape index (κ2) is 8.56. The van der Waals surface area contributed by atoms with Crippen molar-refractivity contribution in [3.8, 4) is 0 Å². The maximum atomic E-state index is 14.4. The molecule has 0 radical (unpaired) electrons. The zero-order valence-electron chi connectivity index (χ0n) is 20.1. The molecule has 36 heavy (non-hydrogen) atoms. The maximum absolute atomic E-state index is 14.4. The van der Waals surface area contributed by atoms with Crippen molar-refractivity contribution in [3.05, 3.63) is 109 Å². The summed E-state index contributed by atoms with van der Waals surface area (Å²) < 4.78 is 5.50. The number of carbonyl (C=O) groups is 2. The van der Waals surface area contributed by atoms with Gasteiger partial charge in [-0.3, -0.25) is 25.0 Å². The van der Waals surface area contributed by atoms with Gasteiger partial charge in [0.05, 0.1) is 27.2 Å². The molecule has 10 heteroatoms. The number of nitro benzene ring substituents is 2. The average Bonchev–Trinajstić information content (AvgIpc) is 3.06. The molecule has 0 fully saturated rings. The number of carbonyl (C=O) groups excluding carboxylic acids is 2. The van der Waals surface area contributed by atoms with Crippen molar-refractivity contribution in [2.45, 2.75) is 38.7 Å². The number of imide groups is 1. The fraction of sp³-hybridized carbons (Fsp3) is 0.231. The first kappa shape index (κ1) is 24.5. The lowest BCUT2D eigenvalue weighted by Crippen LogP contribution is -2.46. The molecular formula is C26H23N3O7. The molecule has 3 aromatic rings. The van der Waals surface area contributed by atoms with E-state index in [1.807, 2.05) is 6.92 Å². The Labute approximate surface area is 206 Å². The van der Waals surface area contributed by atoms with Crippen molar-refractivity contribution in [3.63, 3.8) is 0 Å². The molecule has 0 unspecified atom stereocenters. The first-order valence-electron chi connectivity index (χ1n) is 11.1. The van der Waals surface area contributed by atoms with Crippen LogP contribution in [0.5, 0.6) is 0 Å². The molecule has 1 aliphatic rings. The molecule has 0 bridgehead atoms. The average molecular weight is 489 g/mol. The summed E-state index contributed by atoms with van der Waals surface area (Å²) in [7, 11) is 0. The van der Waals surface area contributed by atoms with E-state index in [9.17, 15) is 29.8 Å². The lowest BCUT2D eigenvalue weighted by atomic mass is 9.69. The van der Waals surface area contributed by atoms with Crippen LogP contribution in [0, 0.1) is 27.2 Å². The minimum absolute atomic E-state index is 0.0922. The fourth-order valence-corrected chi connectivity index (χ4v) is 4.47. The minimum Gasteiger partial charge on any atom is -0.443 e. The maximum Gasteiger partial charge on any atom is 0.421 e. The van der Waals surface area contributed by atoms with Crippen LogP contribution < -0.4 is 4.90 Å². The molecule has 0 saturated carbocycles. The number of fused-ring (bicyclic) bond motifs is 1. The van der Waals surface area contributed by atoms with Gasteiger partial charge in [-0.1, -0.05) is 48.0 Å². The second-order valence-electron chi connectivity index (χ2n) is 9.47. The first-order valence-corrected chi connectivity index (χ1v) is 11.1. The molecule has 1 atom stereocenters. The van der Waals surface area contributed by atoms with E-state index in [-0.39, 0.29) is 11.3 Å². The minimum atomic E-state index is -1.83. The Hall–Kier alpha value is -4.60. The SMILES string of the molecule is Cc1ccc([C@]2(c3ccc([N+](=O)[O-])cc3[N+](=O)[O-])C(=O)N(C(=O)OC(C)(C)C)c3ccccc32)cc1. The number of amides is 2. The highest BCUT2D eigenvalue weighted by Crippen LogP contribution is 2.53. The predicted molar refractivity (Wildman–Crippen MR) is 131 cm³/mol. The molecule has 1 aliphatic heterocycles. The van der Waals surface area contributed by atoms with Gasteiger partial charge in [-0.25, -0.2) is 9.69 Å². The van der Waals surface area contributed by atoms with Gasteiger partial charge < -0.3 is 4.74 Å². The van der Waals surface area contributed by atoms with Gasteiger partial charge in [-0.2, -0.15) is 0 Å². The van der Waals surface area contributed by atoms with Gasteiger partial charge in [0.15, 0.2) is 0 Å². The van der Waals surface area contributed by atoms with E-state index in [0.29, 0.717) is 11.1 Å². The van der Waals surface area contributed by atoms with Crippen molar-refractivity contribution in [1.29, 1.82) is 0 Å². The number of benzene rings is 3. The number of anilines is 1. The van der Waals surface area contributed by atoms with Crippen LogP contribution in [0.25, 0.3) is 0 Å². The van der Waals surface area contributed by atoms with E-state index in [1.54, 1.807) is 69.3 Å². The molecule has 1 heterocycles. The second-order valence-corrected chi connectivity index (χ2v) is 9.47. The number of aryl methyl sites for hydroxylation is 1. The summed E-state index contributed by atoms with van der Waals surface area (Å²) in [6, 6.07) is 16.4. The first-order chi connectivity index (χ1) is 16.9. The van der Waals surface area contributed by atoms with Gasteiger partial charge >= 0.3 is 6.09 Å². The zero-order chi connectivity index (χ0) is 26.4. The third-order valence-corrected chi connectivity index (χ3v) is 5.93. The normalized spacial score (nSPS) is 17.0. The van der Waals surface area contributed by atoms with Gasteiger partial charge in [0.2, 0.25) is 0 Å². The third-order valence-electron chi connectivity index (χ3n) is 5.93. The number of non-ortho nitro benzene ring substituents is 1. The Balaban J connectivity index is 2.11. The van der Waals surface area contributed by atoms with Gasteiger partial charge in [-0.15, -0.1) is 0 Å². The van der Waals surface area contributed by atoms with E-state index in [0.717, 1.165) is 22.6 Å². The highest BCUT2D eigenvalue weighted by molar-refractivity contribution is 6.24. The Kier molecular flexibility index (Phi) is 5.83. The van der Waals surface area contributed by atoms with Crippen LogP contribution in [0.2, 0.25) is 0 Å². The number of nitro groups is 2. The summed E-state index contributed by atoms with van der Waals surface area (Å²) in [6.45, 7) is 6.82. The molecule has 0 N–H and O–H groups in total. The zero-order valence-corrected chi connectivity index (χ0v) is 20.1. The standard InChI is InChI=1S/C26H23N3O7/c1-16-9-11-17(12-10-16)26(20-14-13-18(28(32)33)15-22(20)29(34)35)19-7-5-6-8-21(19)27(23(26)30)24(31)36-25(2,3)4/h5-15H,1-4H3/t26-/m0/s1. The van der Waals surface area contributed by atoms with Crippen LogP contribution in [0.4, 0.5) is 21.9 Å². The van der Waals surface area contributed by atoms with E-state index in [4.69, 9.17) is 4.74 Å². The van der Waals surface area contributed by atoms with Gasteiger partial charge in [0.1, 0.15) is 11.0 Å². The quantitative estimate of drug-likeness (QED) is 0.352. The van der Waals surface area contributed by atoms with Crippen molar-refractivity contribution in [1.82, 2.24) is 0 Å². The number of para-hydroxylation sites is 1. The Bertz CT molecular complexity index is 1410. The lowest BCUT2D eigenvalue weighted by Gasteiger charge is -2.30. The monoisotopic (exact) mass is 489 g/mol. The van der Waals surface area contributed by atoms with Crippen molar-refractivity contribution < 1.29 is 24.2 Å². The van der Waals surface area contributed by atoms with Gasteiger partial charge in [0.25, 0.3) is 17.3 Å². The molecule has 2 amide bonds. The van der Waals surface area contributed by atoms with E-state index < -0.39 is 44.2 Å². The molecule has 4 rings (SSSR count). The molecule has 3 aromatic carbocycles. The Morgan fingerprint density at radius 3 is 2.14 bits per heavy atom. The lowest BCUT2D eigenvalue weighted by molar-refractivity contribution is -0.394. The van der Waals surface area contributed by atoms with Crippen LogP contribution >= 0.6 is 0 Å².